The molecule has 0 bridgehead atoms. The summed E-state index contributed by atoms with van der Waals surface area (Å²) in [5.41, 5.74) is 0. The molecule has 1 amide bonds. The number of likely N-dealkylation sites (tertiary alicyclic amines) is 2. The minimum Gasteiger partial charge on any atom is -0.466 e. The van der Waals surface area contributed by atoms with Crippen LogP contribution in [0.25, 0.3) is 0 Å². The molecule has 0 aromatic rings. The number of ether oxygens (including phenoxy) is 1. The van der Waals surface area contributed by atoms with Crippen molar-refractivity contribution in [1.82, 2.24) is 9.80 Å². The topological polar surface area (TPSA) is 49.9 Å². The molecule has 0 N–H and O–H groups in total. The SMILES string of the molecule is CCOC(=O)C1CCCN(C(=O)CC2CCN(C3CC3)CC2)C1. The molecule has 2 saturated heterocycles. The summed E-state index contributed by atoms with van der Waals surface area (Å²) in [7, 11) is 0. The number of amides is 1. The fourth-order valence-corrected chi connectivity index (χ4v) is 3.99. The van der Waals surface area contributed by atoms with Gasteiger partial charge in [0.2, 0.25) is 5.91 Å². The van der Waals surface area contributed by atoms with E-state index in [4.69, 9.17) is 4.74 Å². The molecule has 3 rings (SSSR count). The zero-order valence-corrected chi connectivity index (χ0v) is 14.3. The smallest absolute Gasteiger partial charge is 0.310 e. The van der Waals surface area contributed by atoms with E-state index >= 15 is 0 Å². The molecule has 23 heavy (non-hydrogen) atoms. The maximum absolute atomic E-state index is 12.6. The maximum atomic E-state index is 12.6. The lowest BCUT2D eigenvalue weighted by Crippen LogP contribution is -2.44. The standard InChI is InChI=1S/C18H30N2O3/c1-2-23-18(22)15-4-3-9-20(13-15)17(21)12-14-7-10-19(11-8-14)16-5-6-16/h14-16H,2-13H2,1H3. The molecule has 3 fully saturated rings. The van der Waals surface area contributed by atoms with Gasteiger partial charge in [0.25, 0.3) is 0 Å². The van der Waals surface area contributed by atoms with Gasteiger partial charge in [-0.1, -0.05) is 0 Å². The summed E-state index contributed by atoms with van der Waals surface area (Å²) in [6.07, 6.45) is 7.46. The highest BCUT2D eigenvalue weighted by Crippen LogP contribution is 2.32. The lowest BCUT2D eigenvalue weighted by atomic mass is 9.91. The Hall–Kier alpha value is -1.10. The van der Waals surface area contributed by atoms with Gasteiger partial charge in [-0.3, -0.25) is 9.59 Å². The summed E-state index contributed by atoms with van der Waals surface area (Å²) < 4.78 is 5.12. The van der Waals surface area contributed by atoms with Crippen molar-refractivity contribution in [2.45, 2.75) is 57.9 Å². The van der Waals surface area contributed by atoms with Crippen LogP contribution in [0.4, 0.5) is 0 Å². The highest BCUT2D eigenvalue weighted by atomic mass is 16.5. The number of nitrogens with zero attached hydrogens (tertiary/aromatic N) is 2. The molecule has 1 aliphatic carbocycles. The molecule has 3 aliphatic rings. The first-order valence-electron chi connectivity index (χ1n) is 9.35. The normalized spacial score (nSPS) is 27.0. The van der Waals surface area contributed by atoms with Crippen molar-refractivity contribution < 1.29 is 14.3 Å². The van der Waals surface area contributed by atoms with Gasteiger partial charge in [-0.25, -0.2) is 0 Å². The van der Waals surface area contributed by atoms with Crippen LogP contribution in [0.1, 0.15) is 51.9 Å². The van der Waals surface area contributed by atoms with Crippen molar-refractivity contribution >= 4 is 11.9 Å². The molecule has 2 aliphatic heterocycles. The predicted molar refractivity (Wildman–Crippen MR) is 87.9 cm³/mol. The minimum absolute atomic E-state index is 0.121. The van der Waals surface area contributed by atoms with Crippen molar-refractivity contribution in [3.63, 3.8) is 0 Å². The molecule has 0 spiro atoms. The Bertz CT molecular complexity index is 428. The van der Waals surface area contributed by atoms with Crippen LogP contribution in [0, 0.1) is 11.8 Å². The van der Waals surface area contributed by atoms with E-state index in [-0.39, 0.29) is 17.8 Å². The Morgan fingerprint density at radius 3 is 2.43 bits per heavy atom. The average molecular weight is 322 g/mol. The summed E-state index contributed by atoms with van der Waals surface area (Å²) in [6.45, 7) is 5.93. The van der Waals surface area contributed by atoms with Crippen LogP contribution in [0.15, 0.2) is 0 Å². The Morgan fingerprint density at radius 2 is 1.78 bits per heavy atom. The van der Waals surface area contributed by atoms with Crippen LogP contribution in [0.5, 0.6) is 0 Å². The number of carbonyl (C=O) groups excluding carboxylic acids is 2. The number of hydrogen-bond donors (Lipinski definition) is 0. The minimum atomic E-state index is -0.136. The molecule has 0 aromatic carbocycles. The number of hydrogen-bond acceptors (Lipinski definition) is 4. The Morgan fingerprint density at radius 1 is 1.04 bits per heavy atom. The van der Waals surface area contributed by atoms with E-state index in [0.717, 1.165) is 51.4 Å². The average Bonchev–Trinajstić information content (AvgIpc) is 3.41. The Labute approximate surface area is 139 Å². The van der Waals surface area contributed by atoms with Crippen molar-refractivity contribution in [3.05, 3.63) is 0 Å². The lowest BCUT2D eigenvalue weighted by Gasteiger charge is -2.35. The molecule has 130 valence electrons. The Kier molecular flexibility index (Phi) is 5.57. The second-order valence-corrected chi connectivity index (χ2v) is 7.35. The predicted octanol–water partition coefficient (Wildman–Crippen LogP) is 2.05. The van der Waals surface area contributed by atoms with Gasteiger partial charge in [0, 0.05) is 25.6 Å². The van der Waals surface area contributed by atoms with Gasteiger partial charge in [-0.05, 0) is 64.5 Å². The second kappa shape index (κ2) is 7.65. The monoisotopic (exact) mass is 322 g/mol. The fourth-order valence-electron chi connectivity index (χ4n) is 3.99. The van der Waals surface area contributed by atoms with E-state index in [1.165, 1.54) is 12.8 Å². The zero-order chi connectivity index (χ0) is 16.2. The van der Waals surface area contributed by atoms with Gasteiger partial charge in [-0.15, -0.1) is 0 Å². The molecular weight excluding hydrogens is 292 g/mol. The molecule has 2 heterocycles. The quantitative estimate of drug-likeness (QED) is 0.727. The summed E-state index contributed by atoms with van der Waals surface area (Å²) >= 11 is 0. The van der Waals surface area contributed by atoms with E-state index in [0.29, 0.717) is 25.5 Å². The summed E-state index contributed by atoms with van der Waals surface area (Å²) in [6, 6.07) is 0.846. The summed E-state index contributed by atoms with van der Waals surface area (Å²) in [4.78, 5) is 29.0. The van der Waals surface area contributed by atoms with E-state index < -0.39 is 0 Å². The third-order valence-electron chi connectivity index (χ3n) is 5.57. The summed E-state index contributed by atoms with van der Waals surface area (Å²) in [5, 5.41) is 0. The molecule has 0 radical (unpaired) electrons. The van der Waals surface area contributed by atoms with Crippen LogP contribution in [-0.4, -0.2) is 60.5 Å². The van der Waals surface area contributed by atoms with E-state index in [9.17, 15) is 9.59 Å². The van der Waals surface area contributed by atoms with Crippen LogP contribution < -0.4 is 0 Å². The highest BCUT2D eigenvalue weighted by Gasteiger charge is 2.34. The van der Waals surface area contributed by atoms with Crippen molar-refractivity contribution in [3.8, 4) is 0 Å². The number of rotatable bonds is 5. The van der Waals surface area contributed by atoms with Gasteiger partial charge in [-0.2, -0.15) is 0 Å². The maximum Gasteiger partial charge on any atom is 0.310 e. The van der Waals surface area contributed by atoms with Gasteiger partial charge in [0.1, 0.15) is 0 Å². The van der Waals surface area contributed by atoms with Gasteiger partial charge >= 0.3 is 5.97 Å². The van der Waals surface area contributed by atoms with Crippen LogP contribution in [-0.2, 0) is 14.3 Å². The fraction of sp³-hybridized carbons (Fsp3) is 0.889. The number of esters is 1. The van der Waals surface area contributed by atoms with Gasteiger partial charge in [0.15, 0.2) is 0 Å². The third kappa shape index (κ3) is 4.46. The van der Waals surface area contributed by atoms with Crippen molar-refractivity contribution in [1.29, 1.82) is 0 Å². The van der Waals surface area contributed by atoms with Crippen LogP contribution in [0.3, 0.4) is 0 Å². The molecular formula is C18H30N2O3. The van der Waals surface area contributed by atoms with E-state index in [1.807, 2.05) is 11.8 Å². The first kappa shape index (κ1) is 16.7. The largest absolute Gasteiger partial charge is 0.466 e. The molecule has 1 atom stereocenters. The molecule has 5 nitrogen and oxygen atoms in total. The van der Waals surface area contributed by atoms with Crippen molar-refractivity contribution in [2.24, 2.45) is 11.8 Å². The first-order valence-corrected chi connectivity index (χ1v) is 9.35. The van der Waals surface area contributed by atoms with Gasteiger partial charge in [0.05, 0.1) is 12.5 Å². The van der Waals surface area contributed by atoms with E-state index in [2.05, 4.69) is 4.90 Å². The molecule has 1 saturated carbocycles. The second-order valence-electron chi connectivity index (χ2n) is 7.35. The highest BCUT2D eigenvalue weighted by molar-refractivity contribution is 5.78. The molecule has 0 aromatic heterocycles. The Balaban J connectivity index is 1.43. The number of carbonyl (C=O) groups is 2. The molecule has 5 heteroatoms. The lowest BCUT2D eigenvalue weighted by molar-refractivity contribution is -0.151. The van der Waals surface area contributed by atoms with Crippen molar-refractivity contribution in [2.75, 3.05) is 32.8 Å². The third-order valence-corrected chi connectivity index (χ3v) is 5.57. The van der Waals surface area contributed by atoms with Crippen LogP contribution >= 0.6 is 0 Å². The first-order chi connectivity index (χ1) is 11.2. The number of piperidine rings is 2. The van der Waals surface area contributed by atoms with Gasteiger partial charge < -0.3 is 14.5 Å². The zero-order valence-electron chi connectivity index (χ0n) is 14.3. The van der Waals surface area contributed by atoms with Crippen LogP contribution in [0.2, 0.25) is 0 Å². The molecule has 1 unspecified atom stereocenters. The summed E-state index contributed by atoms with van der Waals surface area (Å²) in [5.74, 6) is 0.511. The van der Waals surface area contributed by atoms with E-state index in [1.54, 1.807) is 0 Å².